The van der Waals surface area contributed by atoms with Gasteiger partial charge in [0.2, 0.25) is 5.91 Å². The van der Waals surface area contributed by atoms with Crippen LogP contribution in [0.5, 0.6) is 0 Å². The van der Waals surface area contributed by atoms with E-state index in [1.807, 2.05) is 4.90 Å². The van der Waals surface area contributed by atoms with Gasteiger partial charge in [-0.05, 0) is 41.8 Å². The average molecular weight is 356 g/mol. The van der Waals surface area contributed by atoms with E-state index in [-0.39, 0.29) is 11.6 Å². The number of nitrogens with zero attached hydrogens (tertiary/aromatic N) is 2. The fourth-order valence-electron chi connectivity index (χ4n) is 2.43. The van der Waals surface area contributed by atoms with Crippen molar-refractivity contribution in [3.05, 3.63) is 32.3 Å². The molecule has 0 aliphatic carbocycles. The standard InChI is InChI=1S/C14H18BrN3O3/c1-10-8-12(11(15)9-13(10)18(20)21)16-5-4-14(19)17-6-2-3-7-17/h8-9,16H,2-7H2,1H3. The van der Waals surface area contributed by atoms with Crippen molar-refractivity contribution >= 4 is 33.2 Å². The molecule has 1 aliphatic heterocycles. The van der Waals surface area contributed by atoms with E-state index in [9.17, 15) is 14.9 Å². The molecule has 1 heterocycles. The van der Waals surface area contributed by atoms with Crippen molar-refractivity contribution in [2.75, 3.05) is 25.0 Å². The van der Waals surface area contributed by atoms with Gasteiger partial charge in [0.25, 0.3) is 5.69 Å². The number of amides is 1. The van der Waals surface area contributed by atoms with Gasteiger partial charge in [-0.25, -0.2) is 0 Å². The van der Waals surface area contributed by atoms with Gasteiger partial charge in [0.05, 0.1) is 4.92 Å². The van der Waals surface area contributed by atoms with Crippen LogP contribution in [0.4, 0.5) is 11.4 Å². The number of hydrogen-bond acceptors (Lipinski definition) is 4. The van der Waals surface area contributed by atoms with Gasteiger partial charge in [-0.15, -0.1) is 0 Å². The number of aryl methyl sites for hydroxylation is 1. The molecule has 1 fully saturated rings. The fraction of sp³-hybridized carbons (Fsp3) is 0.500. The van der Waals surface area contributed by atoms with E-state index >= 15 is 0 Å². The van der Waals surface area contributed by atoms with E-state index in [4.69, 9.17) is 0 Å². The predicted molar refractivity (Wildman–Crippen MR) is 84.5 cm³/mol. The molecule has 0 aromatic heterocycles. The molecule has 1 N–H and O–H groups in total. The van der Waals surface area contributed by atoms with Crippen molar-refractivity contribution in [2.45, 2.75) is 26.2 Å². The average Bonchev–Trinajstić information content (AvgIpc) is 2.95. The van der Waals surface area contributed by atoms with Crippen molar-refractivity contribution in [1.82, 2.24) is 4.90 Å². The highest BCUT2D eigenvalue weighted by Gasteiger charge is 2.18. The second kappa shape index (κ2) is 6.89. The molecule has 1 saturated heterocycles. The number of halogens is 1. The Balaban J connectivity index is 1.92. The molecule has 0 spiro atoms. The van der Waals surface area contributed by atoms with E-state index in [2.05, 4.69) is 21.2 Å². The van der Waals surface area contributed by atoms with Crippen LogP contribution in [0.2, 0.25) is 0 Å². The van der Waals surface area contributed by atoms with Crippen molar-refractivity contribution in [2.24, 2.45) is 0 Å². The van der Waals surface area contributed by atoms with Gasteiger partial charge < -0.3 is 10.2 Å². The number of nitrogens with one attached hydrogen (secondary N) is 1. The van der Waals surface area contributed by atoms with E-state index in [1.165, 1.54) is 6.07 Å². The fourth-order valence-corrected chi connectivity index (χ4v) is 2.90. The van der Waals surface area contributed by atoms with Crippen LogP contribution >= 0.6 is 15.9 Å². The third-order valence-electron chi connectivity index (χ3n) is 3.60. The van der Waals surface area contributed by atoms with Gasteiger partial charge in [0, 0.05) is 47.8 Å². The molecular formula is C14H18BrN3O3. The first kappa shape index (κ1) is 15.8. The molecule has 0 saturated carbocycles. The topological polar surface area (TPSA) is 75.5 Å². The Hall–Kier alpha value is -1.63. The second-order valence-electron chi connectivity index (χ2n) is 5.14. The summed E-state index contributed by atoms with van der Waals surface area (Å²) in [5.74, 6) is 0.162. The molecule has 0 radical (unpaired) electrons. The van der Waals surface area contributed by atoms with Crippen molar-refractivity contribution in [1.29, 1.82) is 0 Å². The molecule has 1 aromatic rings. The van der Waals surface area contributed by atoms with Gasteiger partial charge in [-0.1, -0.05) is 0 Å². The molecule has 2 rings (SSSR count). The van der Waals surface area contributed by atoms with E-state index in [0.717, 1.165) is 31.6 Å². The summed E-state index contributed by atoms with van der Waals surface area (Å²) < 4.78 is 0.633. The molecule has 0 atom stereocenters. The molecule has 7 heteroatoms. The smallest absolute Gasteiger partial charge is 0.273 e. The number of rotatable bonds is 5. The number of nitro groups is 1. The highest BCUT2D eigenvalue weighted by molar-refractivity contribution is 9.10. The summed E-state index contributed by atoms with van der Waals surface area (Å²) in [5.41, 5.74) is 1.45. The Morgan fingerprint density at radius 1 is 1.43 bits per heavy atom. The van der Waals surface area contributed by atoms with E-state index in [1.54, 1.807) is 13.0 Å². The molecule has 0 bridgehead atoms. The highest BCUT2D eigenvalue weighted by atomic mass is 79.9. The Kier molecular flexibility index (Phi) is 5.17. The molecular weight excluding hydrogens is 338 g/mol. The Morgan fingerprint density at radius 2 is 2.10 bits per heavy atom. The highest BCUT2D eigenvalue weighted by Crippen LogP contribution is 2.30. The minimum atomic E-state index is -0.402. The maximum absolute atomic E-state index is 11.9. The maximum atomic E-state index is 11.9. The van der Waals surface area contributed by atoms with Crippen molar-refractivity contribution < 1.29 is 9.72 Å². The lowest BCUT2D eigenvalue weighted by Crippen LogP contribution is -2.29. The number of nitro benzene ring substituents is 1. The third-order valence-corrected chi connectivity index (χ3v) is 4.25. The Bertz CT molecular complexity index is 557. The van der Waals surface area contributed by atoms with Crippen LogP contribution < -0.4 is 5.32 Å². The van der Waals surface area contributed by atoms with Gasteiger partial charge in [0.1, 0.15) is 0 Å². The van der Waals surface area contributed by atoms with Crippen LogP contribution in [-0.4, -0.2) is 35.4 Å². The van der Waals surface area contributed by atoms with Crippen LogP contribution in [0.1, 0.15) is 24.8 Å². The quantitative estimate of drug-likeness (QED) is 0.650. The molecule has 1 aromatic carbocycles. The summed E-state index contributed by atoms with van der Waals surface area (Å²) in [5, 5.41) is 14.0. The first-order valence-electron chi connectivity index (χ1n) is 6.95. The SMILES string of the molecule is Cc1cc(NCCC(=O)N2CCCC2)c(Br)cc1[N+](=O)[O-]. The van der Waals surface area contributed by atoms with Gasteiger partial charge >= 0.3 is 0 Å². The zero-order valence-electron chi connectivity index (χ0n) is 11.9. The van der Waals surface area contributed by atoms with Crippen LogP contribution in [0, 0.1) is 17.0 Å². The van der Waals surface area contributed by atoms with Crippen LogP contribution in [0.3, 0.4) is 0 Å². The monoisotopic (exact) mass is 355 g/mol. The lowest BCUT2D eigenvalue weighted by atomic mass is 10.2. The number of carbonyl (C=O) groups is 1. The van der Waals surface area contributed by atoms with Crippen LogP contribution in [0.25, 0.3) is 0 Å². The summed E-state index contributed by atoms with van der Waals surface area (Å²) in [7, 11) is 0. The zero-order valence-corrected chi connectivity index (χ0v) is 13.5. The normalized spacial score (nSPS) is 14.3. The van der Waals surface area contributed by atoms with Crippen LogP contribution in [-0.2, 0) is 4.79 Å². The number of carbonyl (C=O) groups excluding carboxylic acids is 1. The third kappa shape index (κ3) is 3.93. The molecule has 1 aliphatic rings. The second-order valence-corrected chi connectivity index (χ2v) is 5.99. The summed E-state index contributed by atoms with van der Waals surface area (Å²) in [6, 6.07) is 3.21. The first-order chi connectivity index (χ1) is 9.99. The lowest BCUT2D eigenvalue weighted by molar-refractivity contribution is -0.385. The number of benzene rings is 1. The summed E-state index contributed by atoms with van der Waals surface area (Å²) in [4.78, 5) is 24.3. The maximum Gasteiger partial charge on any atom is 0.273 e. The van der Waals surface area contributed by atoms with Crippen molar-refractivity contribution in [3.8, 4) is 0 Å². The lowest BCUT2D eigenvalue weighted by Gasteiger charge is -2.16. The predicted octanol–water partition coefficient (Wildman–Crippen LogP) is 3.09. The Labute approximate surface area is 131 Å². The van der Waals surface area contributed by atoms with Crippen molar-refractivity contribution in [3.63, 3.8) is 0 Å². The zero-order chi connectivity index (χ0) is 15.4. The number of hydrogen-bond donors (Lipinski definition) is 1. The van der Waals surface area contributed by atoms with E-state index < -0.39 is 4.92 Å². The van der Waals surface area contributed by atoms with Gasteiger partial charge in [-0.3, -0.25) is 14.9 Å². The summed E-state index contributed by atoms with van der Waals surface area (Å²) >= 11 is 3.32. The molecule has 1 amide bonds. The molecule has 21 heavy (non-hydrogen) atoms. The molecule has 114 valence electrons. The minimum Gasteiger partial charge on any atom is -0.384 e. The molecule has 0 unspecified atom stereocenters. The first-order valence-corrected chi connectivity index (χ1v) is 7.74. The van der Waals surface area contributed by atoms with Gasteiger partial charge in [-0.2, -0.15) is 0 Å². The van der Waals surface area contributed by atoms with Gasteiger partial charge in [0.15, 0.2) is 0 Å². The number of likely N-dealkylation sites (tertiary alicyclic amines) is 1. The minimum absolute atomic E-state index is 0.0839. The number of anilines is 1. The summed E-state index contributed by atoms with van der Waals surface area (Å²) in [6.45, 7) is 3.94. The van der Waals surface area contributed by atoms with E-state index in [0.29, 0.717) is 23.0 Å². The summed E-state index contributed by atoms with van der Waals surface area (Å²) in [6.07, 6.45) is 2.61. The Morgan fingerprint density at radius 3 is 2.71 bits per heavy atom. The van der Waals surface area contributed by atoms with Crippen LogP contribution in [0.15, 0.2) is 16.6 Å². The molecule has 6 nitrogen and oxygen atoms in total. The largest absolute Gasteiger partial charge is 0.384 e.